The maximum atomic E-state index is 13.5. The Morgan fingerprint density at radius 1 is 1.25 bits per heavy atom. The predicted octanol–water partition coefficient (Wildman–Crippen LogP) is 4.33. The van der Waals surface area contributed by atoms with Gasteiger partial charge in [-0.05, 0) is 62.8 Å². The molecule has 1 unspecified atom stereocenters. The third kappa shape index (κ3) is 4.08. The molecule has 0 amide bonds. The van der Waals surface area contributed by atoms with E-state index >= 15 is 0 Å². The molecule has 0 saturated heterocycles. The highest BCUT2D eigenvalue weighted by molar-refractivity contribution is 6.35. The summed E-state index contributed by atoms with van der Waals surface area (Å²) in [5, 5.41) is 13.4. The highest BCUT2D eigenvalue weighted by atomic mass is 35.5. The average Bonchev–Trinajstić information content (AvgIpc) is 2.42. The highest BCUT2D eigenvalue weighted by Crippen LogP contribution is 2.29. The van der Waals surface area contributed by atoms with Gasteiger partial charge in [-0.3, -0.25) is 0 Å². The third-order valence-electron chi connectivity index (χ3n) is 4.04. The normalized spacial score (nSPS) is 24.6. The lowest BCUT2D eigenvalue weighted by Crippen LogP contribution is -2.29. The van der Waals surface area contributed by atoms with Gasteiger partial charge < -0.3 is 10.4 Å². The van der Waals surface area contributed by atoms with Crippen molar-refractivity contribution in [3.63, 3.8) is 0 Å². The van der Waals surface area contributed by atoms with Crippen LogP contribution in [-0.2, 0) is 0 Å². The quantitative estimate of drug-likeness (QED) is 0.809. The summed E-state index contributed by atoms with van der Waals surface area (Å²) in [6, 6.07) is 2.82. The summed E-state index contributed by atoms with van der Waals surface area (Å²) in [5.74, 6) is 0.122. The molecule has 0 radical (unpaired) electrons. The number of hydrogen-bond donors (Lipinski definition) is 2. The van der Waals surface area contributed by atoms with E-state index in [-0.39, 0.29) is 17.2 Å². The monoisotopic (exact) mass is 319 g/mol. The average molecular weight is 320 g/mol. The molecule has 0 bridgehead atoms. The molecule has 1 aliphatic carbocycles. The molecular formula is C15H20Cl2FNO. The van der Waals surface area contributed by atoms with Gasteiger partial charge in [-0.25, -0.2) is 4.39 Å². The van der Waals surface area contributed by atoms with Crippen molar-refractivity contribution in [3.05, 3.63) is 33.6 Å². The van der Waals surface area contributed by atoms with Gasteiger partial charge in [-0.15, -0.1) is 0 Å². The molecule has 1 fully saturated rings. The van der Waals surface area contributed by atoms with Gasteiger partial charge in [0.05, 0.1) is 11.1 Å². The second-order valence-corrected chi connectivity index (χ2v) is 6.41. The van der Waals surface area contributed by atoms with Crippen LogP contribution in [0.15, 0.2) is 12.1 Å². The number of aliphatic hydroxyl groups is 1. The Kier molecular flexibility index (Phi) is 5.67. The maximum absolute atomic E-state index is 13.5. The summed E-state index contributed by atoms with van der Waals surface area (Å²) in [5.41, 5.74) is 0.726. The molecule has 1 saturated carbocycles. The number of nitrogens with one attached hydrogen (secondary N) is 1. The first kappa shape index (κ1) is 16.0. The molecule has 112 valence electrons. The first-order chi connectivity index (χ1) is 9.47. The van der Waals surface area contributed by atoms with E-state index in [4.69, 9.17) is 23.2 Å². The van der Waals surface area contributed by atoms with E-state index in [1.807, 2.05) is 6.92 Å². The van der Waals surface area contributed by atoms with Crippen LogP contribution in [0.3, 0.4) is 0 Å². The van der Waals surface area contributed by atoms with Crippen molar-refractivity contribution in [2.24, 2.45) is 5.92 Å². The topological polar surface area (TPSA) is 32.3 Å². The van der Waals surface area contributed by atoms with Gasteiger partial charge in [0.2, 0.25) is 0 Å². The molecule has 1 aromatic carbocycles. The number of rotatable bonds is 4. The lowest BCUT2D eigenvalue weighted by Gasteiger charge is -2.27. The van der Waals surface area contributed by atoms with Crippen LogP contribution in [-0.4, -0.2) is 17.8 Å². The molecule has 0 aromatic heterocycles. The van der Waals surface area contributed by atoms with Gasteiger partial charge in [-0.1, -0.05) is 23.2 Å². The van der Waals surface area contributed by atoms with Crippen LogP contribution >= 0.6 is 23.2 Å². The van der Waals surface area contributed by atoms with Gasteiger partial charge >= 0.3 is 0 Å². The van der Waals surface area contributed by atoms with Crippen LogP contribution in [0.2, 0.25) is 10.0 Å². The molecule has 2 N–H and O–H groups in total. The number of halogens is 3. The SMILES string of the molecule is CC(NCC1CCC(O)CC1)c1cc(F)c(Cl)cc1Cl. The fourth-order valence-corrected chi connectivity index (χ4v) is 3.22. The van der Waals surface area contributed by atoms with Gasteiger partial charge in [0.15, 0.2) is 0 Å². The van der Waals surface area contributed by atoms with Crippen LogP contribution in [0.4, 0.5) is 4.39 Å². The smallest absolute Gasteiger partial charge is 0.142 e. The van der Waals surface area contributed by atoms with E-state index < -0.39 is 5.82 Å². The Bertz CT molecular complexity index is 461. The molecule has 0 aliphatic heterocycles. The molecule has 20 heavy (non-hydrogen) atoms. The molecule has 2 nitrogen and oxygen atoms in total. The minimum absolute atomic E-state index is 0.0267. The van der Waals surface area contributed by atoms with Crippen molar-refractivity contribution >= 4 is 23.2 Å². The van der Waals surface area contributed by atoms with Crippen LogP contribution in [0.1, 0.15) is 44.2 Å². The van der Waals surface area contributed by atoms with Crippen LogP contribution in [0.25, 0.3) is 0 Å². The van der Waals surface area contributed by atoms with Crippen molar-refractivity contribution in [2.45, 2.75) is 44.8 Å². The highest BCUT2D eigenvalue weighted by Gasteiger charge is 2.20. The molecule has 5 heteroatoms. The molecule has 0 heterocycles. The zero-order chi connectivity index (χ0) is 14.7. The van der Waals surface area contributed by atoms with Crippen molar-refractivity contribution in [1.29, 1.82) is 0 Å². The molecule has 1 aromatic rings. The largest absolute Gasteiger partial charge is 0.393 e. The van der Waals surface area contributed by atoms with Gasteiger partial charge in [0, 0.05) is 11.1 Å². The molecule has 1 aliphatic rings. The molecular weight excluding hydrogens is 300 g/mol. The second-order valence-electron chi connectivity index (χ2n) is 5.59. The van der Waals surface area contributed by atoms with Crippen LogP contribution in [0, 0.1) is 11.7 Å². The minimum Gasteiger partial charge on any atom is -0.393 e. The van der Waals surface area contributed by atoms with Crippen molar-refractivity contribution in [1.82, 2.24) is 5.32 Å². The first-order valence-corrected chi connectivity index (χ1v) is 7.79. The lowest BCUT2D eigenvalue weighted by atomic mass is 9.87. The zero-order valence-electron chi connectivity index (χ0n) is 11.5. The number of aliphatic hydroxyl groups excluding tert-OH is 1. The Morgan fingerprint density at radius 3 is 2.55 bits per heavy atom. The van der Waals surface area contributed by atoms with Gasteiger partial charge in [0.1, 0.15) is 5.82 Å². The fraction of sp³-hybridized carbons (Fsp3) is 0.600. The Balaban J connectivity index is 1.92. The summed E-state index contributed by atoms with van der Waals surface area (Å²) in [6.45, 7) is 2.82. The fourth-order valence-electron chi connectivity index (χ4n) is 2.67. The van der Waals surface area contributed by atoms with Crippen molar-refractivity contribution < 1.29 is 9.50 Å². The standard InChI is InChI=1S/C15H20Cl2FNO/c1-9(12-6-15(18)14(17)7-13(12)16)19-8-10-2-4-11(20)5-3-10/h6-7,9-11,19-20H,2-5,8H2,1H3. The maximum Gasteiger partial charge on any atom is 0.142 e. The summed E-state index contributed by atoms with van der Waals surface area (Å²) in [6.07, 6.45) is 3.67. The van der Waals surface area contributed by atoms with Crippen LogP contribution < -0.4 is 5.32 Å². The van der Waals surface area contributed by atoms with Gasteiger partial charge in [-0.2, -0.15) is 0 Å². The summed E-state index contributed by atoms with van der Waals surface area (Å²) in [7, 11) is 0. The third-order valence-corrected chi connectivity index (χ3v) is 4.65. The zero-order valence-corrected chi connectivity index (χ0v) is 13.0. The van der Waals surface area contributed by atoms with E-state index in [1.165, 1.54) is 12.1 Å². The summed E-state index contributed by atoms with van der Waals surface area (Å²) < 4.78 is 13.5. The second kappa shape index (κ2) is 7.08. The van der Waals surface area contributed by atoms with E-state index in [1.54, 1.807) is 0 Å². The molecule has 2 rings (SSSR count). The van der Waals surface area contributed by atoms with E-state index in [0.29, 0.717) is 10.9 Å². The summed E-state index contributed by atoms with van der Waals surface area (Å²) in [4.78, 5) is 0. The summed E-state index contributed by atoms with van der Waals surface area (Å²) >= 11 is 11.8. The number of benzene rings is 1. The minimum atomic E-state index is -0.444. The molecule has 0 spiro atoms. The van der Waals surface area contributed by atoms with E-state index in [9.17, 15) is 9.50 Å². The van der Waals surface area contributed by atoms with E-state index in [0.717, 1.165) is 37.8 Å². The van der Waals surface area contributed by atoms with E-state index in [2.05, 4.69) is 5.32 Å². The Morgan fingerprint density at radius 2 is 1.90 bits per heavy atom. The first-order valence-electron chi connectivity index (χ1n) is 7.03. The van der Waals surface area contributed by atoms with Crippen molar-refractivity contribution in [2.75, 3.05) is 6.54 Å². The molecule has 1 atom stereocenters. The number of hydrogen-bond acceptors (Lipinski definition) is 2. The Hall–Kier alpha value is -0.350. The van der Waals surface area contributed by atoms with Gasteiger partial charge in [0.25, 0.3) is 0 Å². The predicted molar refractivity (Wildman–Crippen MR) is 80.8 cm³/mol. The van der Waals surface area contributed by atoms with Crippen molar-refractivity contribution in [3.8, 4) is 0 Å². The van der Waals surface area contributed by atoms with Crippen LogP contribution in [0.5, 0.6) is 0 Å². The Labute approximate surface area is 129 Å². The lowest BCUT2D eigenvalue weighted by molar-refractivity contribution is 0.108.